The summed E-state index contributed by atoms with van der Waals surface area (Å²) < 4.78 is 26.5. The minimum absolute atomic E-state index is 0.0667. The Morgan fingerprint density at radius 1 is 1.20 bits per heavy atom. The van der Waals surface area contributed by atoms with Crippen LogP contribution in [0.25, 0.3) is 22.2 Å². The van der Waals surface area contributed by atoms with Gasteiger partial charge in [0.05, 0.1) is 27.4 Å². The molecule has 30 heavy (non-hydrogen) atoms. The molecule has 0 aliphatic heterocycles. The van der Waals surface area contributed by atoms with Crippen LogP contribution in [0.2, 0.25) is 5.02 Å². The van der Waals surface area contributed by atoms with E-state index >= 15 is 0 Å². The third kappa shape index (κ3) is 4.39. The van der Waals surface area contributed by atoms with Crippen LogP contribution in [0.4, 0.5) is 9.18 Å². The zero-order valence-electron chi connectivity index (χ0n) is 16.9. The molecule has 0 atom stereocenters. The maximum atomic E-state index is 14.7. The van der Waals surface area contributed by atoms with Crippen molar-refractivity contribution in [3.8, 4) is 11.3 Å². The van der Waals surface area contributed by atoms with E-state index in [9.17, 15) is 14.0 Å². The zero-order valence-corrected chi connectivity index (χ0v) is 17.6. The number of ether oxygens (including phenoxy) is 2. The normalized spacial score (nSPS) is 11.4. The Morgan fingerprint density at radius 2 is 1.93 bits per heavy atom. The zero-order chi connectivity index (χ0) is 22.1. The number of rotatable bonds is 4. The average Bonchev–Trinajstić information content (AvgIpc) is 3.02. The summed E-state index contributed by atoms with van der Waals surface area (Å²) in [6.45, 7) is 8.79. The number of carbonyl (C=O) groups excluding carboxylic acids is 2. The molecule has 0 bridgehead atoms. The molecule has 1 aromatic heterocycles. The summed E-state index contributed by atoms with van der Waals surface area (Å²) in [5.41, 5.74) is 0.255. The fraction of sp³-hybridized carbons (Fsp3) is 0.217. The second-order valence-corrected chi connectivity index (χ2v) is 8.01. The molecule has 0 spiro atoms. The molecule has 5 nitrogen and oxygen atoms in total. The molecule has 0 N–H and O–H groups in total. The van der Waals surface area contributed by atoms with Crippen LogP contribution in [0, 0.1) is 5.82 Å². The van der Waals surface area contributed by atoms with Crippen molar-refractivity contribution in [3.05, 3.63) is 71.5 Å². The summed E-state index contributed by atoms with van der Waals surface area (Å²) in [6, 6.07) is 10.6. The Balaban J connectivity index is 2.22. The molecule has 0 saturated carbocycles. The predicted molar refractivity (Wildman–Crippen MR) is 114 cm³/mol. The van der Waals surface area contributed by atoms with Crippen LogP contribution < -0.4 is 0 Å². The highest BCUT2D eigenvalue weighted by Gasteiger charge is 2.25. The number of benzene rings is 2. The first kappa shape index (κ1) is 21.6. The van der Waals surface area contributed by atoms with Gasteiger partial charge in [0.15, 0.2) is 0 Å². The maximum Gasteiger partial charge on any atom is 0.419 e. The van der Waals surface area contributed by atoms with E-state index in [4.69, 9.17) is 21.1 Å². The van der Waals surface area contributed by atoms with Crippen molar-refractivity contribution < 1.29 is 23.5 Å². The van der Waals surface area contributed by atoms with Gasteiger partial charge in [-0.25, -0.2) is 18.5 Å². The molecule has 0 amide bonds. The summed E-state index contributed by atoms with van der Waals surface area (Å²) >= 11 is 6.25. The number of halogens is 2. The summed E-state index contributed by atoms with van der Waals surface area (Å²) in [7, 11) is 0. The van der Waals surface area contributed by atoms with Crippen LogP contribution in [0.15, 0.2) is 55.1 Å². The largest absolute Gasteiger partial charge is 0.458 e. The highest BCUT2D eigenvalue weighted by atomic mass is 35.5. The lowest BCUT2D eigenvalue weighted by Gasteiger charge is -2.21. The number of aromatic nitrogens is 1. The molecule has 0 unspecified atom stereocenters. The third-order valence-electron chi connectivity index (χ3n) is 4.16. The molecular formula is C23H21ClFNO4. The van der Waals surface area contributed by atoms with Crippen molar-refractivity contribution in [3.63, 3.8) is 0 Å². The SMILES string of the molecule is C=CCOC(=O)c1ccc2c(c1)cc(-c1c(F)cccc1Cl)n2C(=O)OC(C)(C)C. The van der Waals surface area contributed by atoms with E-state index in [1.165, 1.54) is 34.9 Å². The lowest BCUT2D eigenvalue weighted by atomic mass is 10.1. The van der Waals surface area contributed by atoms with Gasteiger partial charge in [0.25, 0.3) is 0 Å². The molecule has 0 fully saturated rings. The molecule has 1 heterocycles. The van der Waals surface area contributed by atoms with Crippen molar-refractivity contribution in [2.45, 2.75) is 26.4 Å². The van der Waals surface area contributed by atoms with Gasteiger partial charge < -0.3 is 9.47 Å². The van der Waals surface area contributed by atoms with E-state index in [2.05, 4.69) is 6.58 Å². The van der Waals surface area contributed by atoms with Crippen molar-refractivity contribution >= 4 is 34.6 Å². The third-order valence-corrected chi connectivity index (χ3v) is 4.48. The molecule has 0 aliphatic rings. The predicted octanol–water partition coefficient (Wildman–Crippen LogP) is 6.23. The van der Waals surface area contributed by atoms with E-state index in [-0.39, 0.29) is 28.5 Å². The maximum absolute atomic E-state index is 14.7. The monoisotopic (exact) mass is 429 g/mol. The highest BCUT2D eigenvalue weighted by molar-refractivity contribution is 6.33. The number of carbonyl (C=O) groups is 2. The first-order chi connectivity index (χ1) is 14.1. The van der Waals surface area contributed by atoms with Crippen molar-refractivity contribution in [2.24, 2.45) is 0 Å². The average molecular weight is 430 g/mol. The molecular weight excluding hydrogens is 409 g/mol. The topological polar surface area (TPSA) is 57.5 Å². The van der Waals surface area contributed by atoms with Gasteiger partial charge >= 0.3 is 12.1 Å². The number of hydrogen-bond donors (Lipinski definition) is 0. The van der Waals surface area contributed by atoms with Gasteiger partial charge in [0, 0.05) is 5.39 Å². The Morgan fingerprint density at radius 3 is 2.57 bits per heavy atom. The van der Waals surface area contributed by atoms with Gasteiger partial charge in [-0.15, -0.1) is 0 Å². The fourth-order valence-corrected chi connectivity index (χ4v) is 3.25. The van der Waals surface area contributed by atoms with Gasteiger partial charge in [-0.3, -0.25) is 0 Å². The van der Waals surface area contributed by atoms with Gasteiger partial charge in [0.2, 0.25) is 0 Å². The summed E-state index contributed by atoms with van der Waals surface area (Å²) in [5.74, 6) is -1.12. The fourth-order valence-electron chi connectivity index (χ4n) is 2.99. The van der Waals surface area contributed by atoms with Crippen LogP contribution in [0.3, 0.4) is 0 Å². The van der Waals surface area contributed by atoms with E-state index in [0.29, 0.717) is 10.9 Å². The standard InChI is InChI=1S/C23H21ClFNO4/c1-5-11-29-21(27)14-9-10-18-15(12-14)13-19(20-16(24)7-6-8-17(20)25)26(18)22(28)30-23(2,3)4/h5-10,12-13H,1,11H2,2-4H3. The molecule has 156 valence electrons. The van der Waals surface area contributed by atoms with Crippen LogP contribution >= 0.6 is 11.6 Å². The Hall–Kier alpha value is -3.12. The Bertz CT molecular complexity index is 1120. The van der Waals surface area contributed by atoms with Crippen LogP contribution in [0.1, 0.15) is 31.1 Å². The van der Waals surface area contributed by atoms with Gasteiger partial charge in [-0.2, -0.15) is 0 Å². The highest BCUT2D eigenvalue weighted by Crippen LogP contribution is 2.35. The second-order valence-electron chi connectivity index (χ2n) is 7.60. The Labute approximate surface area is 178 Å². The summed E-state index contributed by atoms with van der Waals surface area (Å²) in [4.78, 5) is 25.2. The molecule has 2 aromatic carbocycles. The molecule has 3 rings (SSSR count). The molecule has 0 saturated heterocycles. The van der Waals surface area contributed by atoms with Gasteiger partial charge in [-0.05, 0) is 57.2 Å². The number of nitrogens with zero attached hydrogens (tertiary/aromatic N) is 1. The van der Waals surface area contributed by atoms with E-state index in [0.717, 1.165) is 0 Å². The van der Waals surface area contributed by atoms with Gasteiger partial charge in [-0.1, -0.05) is 30.3 Å². The van der Waals surface area contributed by atoms with Crippen LogP contribution in [0.5, 0.6) is 0 Å². The number of hydrogen-bond acceptors (Lipinski definition) is 4. The van der Waals surface area contributed by atoms with Crippen LogP contribution in [-0.4, -0.2) is 28.8 Å². The summed E-state index contributed by atoms with van der Waals surface area (Å²) in [6.07, 6.45) is 0.780. The molecule has 7 heteroatoms. The number of fused-ring (bicyclic) bond motifs is 1. The molecule has 3 aromatic rings. The van der Waals surface area contributed by atoms with Crippen molar-refractivity contribution in [2.75, 3.05) is 6.61 Å². The number of esters is 1. The van der Waals surface area contributed by atoms with E-state index < -0.39 is 23.5 Å². The lowest BCUT2D eigenvalue weighted by Crippen LogP contribution is -2.27. The molecule has 0 aliphatic carbocycles. The molecule has 0 radical (unpaired) electrons. The van der Waals surface area contributed by atoms with Crippen molar-refractivity contribution in [1.82, 2.24) is 4.57 Å². The second kappa shape index (κ2) is 8.32. The minimum Gasteiger partial charge on any atom is -0.458 e. The first-order valence-corrected chi connectivity index (χ1v) is 9.61. The smallest absolute Gasteiger partial charge is 0.419 e. The van der Waals surface area contributed by atoms with E-state index in [1.54, 1.807) is 39.0 Å². The van der Waals surface area contributed by atoms with Gasteiger partial charge in [0.1, 0.15) is 18.0 Å². The lowest BCUT2D eigenvalue weighted by molar-refractivity contribution is 0.0539. The summed E-state index contributed by atoms with van der Waals surface area (Å²) in [5, 5.41) is 0.677. The Kier molecular flexibility index (Phi) is 5.99. The van der Waals surface area contributed by atoms with Crippen LogP contribution in [-0.2, 0) is 9.47 Å². The minimum atomic E-state index is -0.765. The quantitative estimate of drug-likeness (QED) is 0.364. The van der Waals surface area contributed by atoms with Crippen molar-refractivity contribution in [1.29, 1.82) is 0 Å². The first-order valence-electron chi connectivity index (χ1n) is 9.23. The van der Waals surface area contributed by atoms with E-state index in [1.807, 2.05) is 0 Å².